The summed E-state index contributed by atoms with van der Waals surface area (Å²) in [5, 5.41) is 2.78. The zero-order chi connectivity index (χ0) is 21.1. The van der Waals surface area contributed by atoms with E-state index in [1.807, 2.05) is 13.8 Å². The largest absolute Gasteiger partial charge is 0.467 e. The highest BCUT2D eigenvalue weighted by molar-refractivity contribution is 9.10. The van der Waals surface area contributed by atoms with E-state index in [-0.39, 0.29) is 5.92 Å². The molecule has 0 radical (unpaired) electrons. The Hall–Kier alpha value is -2.42. The van der Waals surface area contributed by atoms with Crippen LogP contribution in [0.25, 0.3) is 0 Å². The van der Waals surface area contributed by atoms with E-state index in [0.29, 0.717) is 35.1 Å². The van der Waals surface area contributed by atoms with Gasteiger partial charge in [0.05, 0.1) is 19.1 Å². The van der Waals surface area contributed by atoms with Crippen molar-refractivity contribution in [2.75, 3.05) is 13.7 Å². The molecule has 3 atom stereocenters. The van der Waals surface area contributed by atoms with Gasteiger partial charge in [-0.1, -0.05) is 42.3 Å². The van der Waals surface area contributed by atoms with Crippen LogP contribution in [-0.4, -0.2) is 46.6 Å². The van der Waals surface area contributed by atoms with Gasteiger partial charge in [0.2, 0.25) is 0 Å². The first kappa shape index (κ1) is 21.3. The monoisotopic (exact) mass is 466 g/mol. The molecule has 0 bridgehead atoms. The number of H-pyrrole nitrogens is 1. The molecule has 7 nitrogen and oxygen atoms in total. The van der Waals surface area contributed by atoms with E-state index < -0.39 is 29.9 Å². The molecule has 1 aromatic heterocycles. The number of carbonyl (C=O) groups excluding carboxylic acids is 2. The Balaban J connectivity index is 1.96. The van der Waals surface area contributed by atoms with Crippen LogP contribution in [0.5, 0.6) is 0 Å². The zero-order valence-corrected chi connectivity index (χ0v) is 18.1. The van der Waals surface area contributed by atoms with Crippen LogP contribution in [0.3, 0.4) is 0 Å². The number of aromatic amines is 1. The Kier molecular flexibility index (Phi) is 6.56. The van der Waals surface area contributed by atoms with Crippen molar-refractivity contribution < 1.29 is 18.7 Å². The minimum atomic E-state index is -0.784. The maximum absolute atomic E-state index is 14.8. The molecule has 29 heavy (non-hydrogen) atoms. The summed E-state index contributed by atoms with van der Waals surface area (Å²) in [4.78, 5) is 34.3. The molecule has 1 aromatic carbocycles. The topological polar surface area (TPSA) is 87.3 Å². The molecule has 0 saturated heterocycles. The van der Waals surface area contributed by atoms with Gasteiger partial charge in [-0.2, -0.15) is 0 Å². The minimum absolute atomic E-state index is 0.111. The van der Waals surface area contributed by atoms with Crippen LogP contribution in [0.15, 0.2) is 29.0 Å². The van der Waals surface area contributed by atoms with Crippen molar-refractivity contribution in [1.29, 1.82) is 0 Å². The van der Waals surface area contributed by atoms with Crippen LogP contribution < -0.4 is 5.32 Å². The van der Waals surface area contributed by atoms with Gasteiger partial charge in [-0.3, -0.25) is 0 Å². The van der Waals surface area contributed by atoms with E-state index >= 15 is 0 Å². The third-order valence-corrected chi connectivity index (χ3v) is 5.88. The standard InChI is InChI=1S/C20H24BrFN4O3/c1-4-11(2)16(19(27)29-3)25-20(28)26-8-7-15-17(24-10-23-15)18(26)13-6-5-12(21)9-14(13)22/h5-6,9-11,16,18H,4,7-8H2,1-3H3,(H,23,24)(H,25,28)/t11-,16-,18+/m0/s1. The molecule has 0 saturated carbocycles. The van der Waals surface area contributed by atoms with Crippen molar-refractivity contribution in [1.82, 2.24) is 20.2 Å². The molecule has 2 N–H and O–H groups in total. The summed E-state index contributed by atoms with van der Waals surface area (Å²) < 4.78 is 20.3. The number of imidazole rings is 1. The molecule has 2 heterocycles. The number of ether oxygens (including phenoxy) is 1. The number of urea groups is 1. The fourth-order valence-electron chi connectivity index (χ4n) is 3.55. The molecule has 2 aromatic rings. The highest BCUT2D eigenvalue weighted by atomic mass is 79.9. The number of nitrogens with zero attached hydrogens (tertiary/aromatic N) is 2. The predicted octanol–water partition coefficient (Wildman–Crippen LogP) is 3.56. The Morgan fingerprint density at radius 1 is 1.48 bits per heavy atom. The lowest BCUT2D eigenvalue weighted by molar-refractivity contribution is -0.144. The number of carbonyl (C=O) groups is 2. The SMILES string of the molecule is CC[C@H](C)[C@H](NC(=O)N1CCc2[nH]cnc2[C@H]1c1ccc(Br)cc1F)C(=O)OC. The van der Waals surface area contributed by atoms with E-state index in [1.54, 1.807) is 18.5 Å². The first-order chi connectivity index (χ1) is 13.9. The van der Waals surface area contributed by atoms with Crippen LogP contribution >= 0.6 is 15.9 Å². The zero-order valence-electron chi connectivity index (χ0n) is 16.5. The average molecular weight is 467 g/mol. The lowest BCUT2D eigenvalue weighted by Gasteiger charge is -2.36. The van der Waals surface area contributed by atoms with Crippen molar-refractivity contribution in [3.63, 3.8) is 0 Å². The third kappa shape index (κ3) is 4.29. The second-order valence-corrected chi connectivity index (χ2v) is 8.03. The van der Waals surface area contributed by atoms with Gasteiger partial charge in [-0.05, 0) is 18.1 Å². The second-order valence-electron chi connectivity index (χ2n) is 7.11. The van der Waals surface area contributed by atoms with E-state index in [2.05, 4.69) is 31.2 Å². The number of halogens is 2. The normalized spacial score (nSPS) is 18.0. The van der Waals surface area contributed by atoms with Crippen molar-refractivity contribution in [3.8, 4) is 0 Å². The van der Waals surface area contributed by atoms with Crippen LogP contribution in [-0.2, 0) is 16.0 Å². The average Bonchev–Trinajstić information content (AvgIpc) is 3.19. The molecule has 9 heteroatoms. The molecule has 1 aliphatic heterocycles. The van der Waals surface area contributed by atoms with Crippen LogP contribution in [0.4, 0.5) is 9.18 Å². The lowest BCUT2D eigenvalue weighted by Crippen LogP contribution is -2.53. The number of hydrogen-bond acceptors (Lipinski definition) is 4. The molecule has 2 amide bonds. The van der Waals surface area contributed by atoms with Gasteiger partial charge in [0, 0.05) is 28.7 Å². The van der Waals surface area contributed by atoms with Gasteiger partial charge >= 0.3 is 12.0 Å². The van der Waals surface area contributed by atoms with E-state index in [9.17, 15) is 14.0 Å². The molecule has 0 aliphatic carbocycles. The molecule has 0 spiro atoms. The molecule has 0 fully saturated rings. The first-order valence-corrected chi connectivity index (χ1v) is 10.3. The van der Waals surface area contributed by atoms with Gasteiger partial charge in [0.15, 0.2) is 0 Å². The number of nitrogens with one attached hydrogen (secondary N) is 2. The summed E-state index contributed by atoms with van der Waals surface area (Å²) in [7, 11) is 1.29. The highest BCUT2D eigenvalue weighted by Gasteiger charge is 2.37. The van der Waals surface area contributed by atoms with Gasteiger partial charge < -0.3 is 19.9 Å². The van der Waals surface area contributed by atoms with E-state index in [0.717, 1.165) is 5.69 Å². The number of methoxy groups -OCH3 is 1. The summed E-state index contributed by atoms with van der Waals surface area (Å²) in [6.45, 7) is 4.16. The minimum Gasteiger partial charge on any atom is -0.467 e. The van der Waals surface area contributed by atoms with Crippen molar-refractivity contribution in [2.24, 2.45) is 5.92 Å². The lowest BCUT2D eigenvalue weighted by atomic mass is 9.95. The molecule has 3 rings (SSSR count). The number of benzene rings is 1. The smallest absolute Gasteiger partial charge is 0.328 e. The van der Waals surface area contributed by atoms with Crippen molar-refractivity contribution in [2.45, 2.75) is 38.8 Å². The number of fused-ring (bicyclic) bond motifs is 1. The Morgan fingerprint density at radius 2 is 2.24 bits per heavy atom. The summed E-state index contributed by atoms with van der Waals surface area (Å²) in [5.74, 6) is -1.05. The number of aromatic nitrogens is 2. The van der Waals surface area contributed by atoms with Crippen LogP contribution in [0, 0.1) is 11.7 Å². The number of esters is 1. The molecular weight excluding hydrogens is 443 g/mol. The fraction of sp³-hybridized carbons (Fsp3) is 0.450. The molecule has 0 unspecified atom stereocenters. The Morgan fingerprint density at radius 3 is 2.90 bits per heavy atom. The first-order valence-electron chi connectivity index (χ1n) is 9.49. The van der Waals surface area contributed by atoms with E-state index in [4.69, 9.17) is 4.74 Å². The van der Waals surface area contributed by atoms with Crippen molar-refractivity contribution >= 4 is 27.9 Å². The van der Waals surface area contributed by atoms with Crippen LogP contribution in [0.1, 0.15) is 43.3 Å². The molecule has 1 aliphatic rings. The summed E-state index contributed by atoms with van der Waals surface area (Å²) in [6, 6.07) is 2.79. The predicted molar refractivity (Wildman–Crippen MR) is 109 cm³/mol. The Bertz CT molecular complexity index is 904. The Labute approximate surface area is 177 Å². The van der Waals surface area contributed by atoms with Gasteiger partial charge in [0.1, 0.15) is 17.9 Å². The number of amides is 2. The number of rotatable bonds is 5. The molecular formula is C20H24BrFN4O3. The summed E-state index contributed by atoms with van der Waals surface area (Å²) in [6.07, 6.45) is 2.80. The van der Waals surface area contributed by atoms with Crippen molar-refractivity contribution in [3.05, 3.63) is 51.8 Å². The highest BCUT2D eigenvalue weighted by Crippen LogP contribution is 2.35. The van der Waals surface area contributed by atoms with Gasteiger partial charge in [-0.25, -0.2) is 19.0 Å². The fourth-order valence-corrected chi connectivity index (χ4v) is 3.88. The van der Waals surface area contributed by atoms with Gasteiger partial charge in [0.25, 0.3) is 0 Å². The van der Waals surface area contributed by atoms with E-state index in [1.165, 1.54) is 18.1 Å². The quantitative estimate of drug-likeness (QED) is 0.659. The van der Waals surface area contributed by atoms with Crippen LogP contribution in [0.2, 0.25) is 0 Å². The number of hydrogen-bond donors (Lipinski definition) is 2. The summed E-state index contributed by atoms with van der Waals surface area (Å²) in [5.41, 5.74) is 1.81. The maximum atomic E-state index is 14.8. The molecule has 156 valence electrons. The van der Waals surface area contributed by atoms with Gasteiger partial charge in [-0.15, -0.1) is 0 Å². The third-order valence-electron chi connectivity index (χ3n) is 5.39. The summed E-state index contributed by atoms with van der Waals surface area (Å²) >= 11 is 3.26. The second kappa shape index (κ2) is 8.94. The maximum Gasteiger partial charge on any atom is 0.328 e.